The van der Waals surface area contributed by atoms with Gasteiger partial charge in [0.15, 0.2) is 11.6 Å². The van der Waals surface area contributed by atoms with Crippen LogP contribution in [0.5, 0.6) is 0 Å². The van der Waals surface area contributed by atoms with Crippen molar-refractivity contribution >= 4 is 5.91 Å². The number of halogens is 2. The van der Waals surface area contributed by atoms with Gasteiger partial charge in [0.2, 0.25) is 5.91 Å². The van der Waals surface area contributed by atoms with Crippen molar-refractivity contribution < 1.29 is 18.7 Å². The number of rotatable bonds is 5. The summed E-state index contributed by atoms with van der Waals surface area (Å²) in [5.74, 6) is -1.94. The van der Waals surface area contributed by atoms with Gasteiger partial charge in [-0.2, -0.15) is 0 Å². The minimum atomic E-state index is -0.905. The molecule has 0 aliphatic rings. The molecule has 0 saturated heterocycles. The maximum absolute atomic E-state index is 12.9. The molecule has 1 unspecified atom stereocenters. The molecule has 0 aromatic heterocycles. The Kier molecular flexibility index (Phi) is 5.22. The molecule has 1 rings (SSSR count). The summed E-state index contributed by atoms with van der Waals surface area (Å²) in [6.45, 7) is 1.86. The Morgan fingerprint density at radius 3 is 2.61 bits per heavy atom. The van der Waals surface area contributed by atoms with E-state index in [2.05, 4.69) is 0 Å². The second-order valence-electron chi connectivity index (χ2n) is 4.37. The Hall–Kier alpha value is -1.49. The number of nitrogens with zero attached hydrogens (tertiary/aromatic N) is 1. The van der Waals surface area contributed by atoms with Crippen molar-refractivity contribution in [2.75, 3.05) is 13.6 Å². The van der Waals surface area contributed by atoms with Crippen LogP contribution in [0.25, 0.3) is 0 Å². The molecule has 1 N–H and O–H groups in total. The number of carbonyl (C=O) groups excluding carboxylic acids is 1. The first kappa shape index (κ1) is 14.6. The number of benzene rings is 1. The molecular weight excluding hydrogens is 240 g/mol. The van der Waals surface area contributed by atoms with Gasteiger partial charge < -0.3 is 10.0 Å². The standard InChI is InChI=1S/C13H17F2NO2/c1-9(17)8-16(2)13(18)6-4-10-3-5-11(14)12(15)7-10/h3,5,7,9,17H,4,6,8H2,1-2H3. The Morgan fingerprint density at radius 1 is 1.39 bits per heavy atom. The number of aryl methyl sites for hydroxylation is 1. The van der Waals surface area contributed by atoms with Gasteiger partial charge in [-0.1, -0.05) is 6.07 Å². The van der Waals surface area contributed by atoms with Gasteiger partial charge in [-0.25, -0.2) is 8.78 Å². The highest BCUT2D eigenvalue weighted by molar-refractivity contribution is 5.76. The largest absolute Gasteiger partial charge is 0.392 e. The quantitative estimate of drug-likeness (QED) is 0.872. The molecule has 0 heterocycles. The molecular formula is C13H17F2NO2. The molecule has 0 aliphatic heterocycles. The van der Waals surface area contributed by atoms with E-state index < -0.39 is 17.7 Å². The third-order valence-electron chi connectivity index (χ3n) is 2.58. The molecule has 100 valence electrons. The highest BCUT2D eigenvalue weighted by Gasteiger charge is 2.11. The zero-order valence-corrected chi connectivity index (χ0v) is 10.5. The predicted molar refractivity (Wildman–Crippen MR) is 64.0 cm³/mol. The predicted octanol–water partition coefficient (Wildman–Crippen LogP) is 1.74. The van der Waals surface area contributed by atoms with Crippen molar-refractivity contribution in [2.24, 2.45) is 0 Å². The number of carbonyl (C=O) groups is 1. The van der Waals surface area contributed by atoms with Gasteiger partial charge in [-0.15, -0.1) is 0 Å². The van der Waals surface area contributed by atoms with E-state index in [-0.39, 0.29) is 18.9 Å². The minimum Gasteiger partial charge on any atom is -0.392 e. The summed E-state index contributed by atoms with van der Waals surface area (Å²) in [5.41, 5.74) is 0.577. The first-order valence-electron chi connectivity index (χ1n) is 5.76. The van der Waals surface area contributed by atoms with Crippen LogP contribution in [0.3, 0.4) is 0 Å². The zero-order chi connectivity index (χ0) is 13.7. The van der Waals surface area contributed by atoms with Gasteiger partial charge in [-0.3, -0.25) is 4.79 Å². The number of likely N-dealkylation sites (N-methyl/N-ethyl adjacent to an activating group) is 1. The molecule has 1 atom stereocenters. The summed E-state index contributed by atoms with van der Waals surface area (Å²) in [4.78, 5) is 13.1. The Bertz CT molecular complexity index is 421. The lowest BCUT2D eigenvalue weighted by molar-refractivity contribution is -0.131. The summed E-state index contributed by atoms with van der Waals surface area (Å²) in [7, 11) is 1.60. The van der Waals surface area contributed by atoms with Crippen LogP contribution in [-0.2, 0) is 11.2 Å². The Morgan fingerprint density at radius 2 is 2.06 bits per heavy atom. The van der Waals surface area contributed by atoms with E-state index in [9.17, 15) is 13.6 Å². The highest BCUT2D eigenvalue weighted by Crippen LogP contribution is 2.11. The SMILES string of the molecule is CC(O)CN(C)C(=O)CCc1ccc(F)c(F)c1. The molecule has 18 heavy (non-hydrogen) atoms. The molecule has 0 spiro atoms. The second kappa shape index (κ2) is 6.44. The van der Waals surface area contributed by atoms with Gasteiger partial charge in [0, 0.05) is 20.0 Å². The van der Waals surface area contributed by atoms with Crippen molar-refractivity contribution in [3.8, 4) is 0 Å². The normalized spacial score (nSPS) is 12.3. The number of amides is 1. The van der Waals surface area contributed by atoms with Crippen LogP contribution < -0.4 is 0 Å². The maximum Gasteiger partial charge on any atom is 0.222 e. The molecule has 1 amide bonds. The van der Waals surface area contributed by atoms with Crippen molar-refractivity contribution in [3.63, 3.8) is 0 Å². The lowest BCUT2D eigenvalue weighted by atomic mass is 10.1. The molecule has 1 aromatic carbocycles. The van der Waals surface area contributed by atoms with Crippen LogP contribution in [0, 0.1) is 11.6 Å². The van der Waals surface area contributed by atoms with Crippen LogP contribution in [0.15, 0.2) is 18.2 Å². The fourth-order valence-corrected chi connectivity index (χ4v) is 1.64. The average Bonchev–Trinajstić information content (AvgIpc) is 2.29. The van der Waals surface area contributed by atoms with E-state index >= 15 is 0 Å². The van der Waals surface area contributed by atoms with Crippen LogP contribution in [0.1, 0.15) is 18.9 Å². The van der Waals surface area contributed by atoms with Crippen molar-refractivity contribution in [2.45, 2.75) is 25.9 Å². The molecule has 0 aliphatic carbocycles. The lowest BCUT2D eigenvalue weighted by Gasteiger charge is -2.18. The summed E-state index contributed by atoms with van der Waals surface area (Å²) < 4.78 is 25.6. The topological polar surface area (TPSA) is 40.5 Å². The molecule has 5 heteroatoms. The van der Waals surface area contributed by atoms with Crippen LogP contribution >= 0.6 is 0 Å². The van der Waals surface area contributed by atoms with Gasteiger partial charge in [-0.05, 0) is 31.0 Å². The summed E-state index contributed by atoms with van der Waals surface area (Å²) >= 11 is 0. The molecule has 1 aromatic rings. The third-order valence-corrected chi connectivity index (χ3v) is 2.58. The van der Waals surface area contributed by atoms with E-state index in [4.69, 9.17) is 5.11 Å². The smallest absolute Gasteiger partial charge is 0.222 e. The van der Waals surface area contributed by atoms with E-state index in [1.54, 1.807) is 14.0 Å². The monoisotopic (exact) mass is 257 g/mol. The molecule has 0 saturated carbocycles. The van der Waals surface area contributed by atoms with Crippen LogP contribution in [0.4, 0.5) is 8.78 Å². The fourth-order valence-electron chi connectivity index (χ4n) is 1.64. The van der Waals surface area contributed by atoms with Crippen molar-refractivity contribution in [3.05, 3.63) is 35.4 Å². The first-order valence-corrected chi connectivity index (χ1v) is 5.76. The first-order chi connectivity index (χ1) is 8.40. The van der Waals surface area contributed by atoms with Gasteiger partial charge in [0.05, 0.1) is 6.10 Å². The fraction of sp³-hybridized carbons (Fsp3) is 0.462. The Balaban J connectivity index is 2.49. The Labute approximate surface area is 105 Å². The van der Waals surface area contributed by atoms with Gasteiger partial charge in [0.25, 0.3) is 0 Å². The van der Waals surface area contributed by atoms with Crippen molar-refractivity contribution in [1.29, 1.82) is 0 Å². The molecule has 0 bridgehead atoms. The van der Waals surface area contributed by atoms with Crippen LogP contribution in [0.2, 0.25) is 0 Å². The number of aliphatic hydroxyl groups excluding tert-OH is 1. The van der Waals surface area contributed by atoms with Crippen LogP contribution in [-0.4, -0.2) is 35.6 Å². The van der Waals surface area contributed by atoms with E-state index in [0.29, 0.717) is 12.0 Å². The summed E-state index contributed by atoms with van der Waals surface area (Å²) in [6, 6.07) is 3.60. The minimum absolute atomic E-state index is 0.138. The number of hydrogen-bond donors (Lipinski definition) is 1. The highest BCUT2D eigenvalue weighted by atomic mass is 19.2. The maximum atomic E-state index is 12.9. The van der Waals surface area contributed by atoms with Crippen molar-refractivity contribution in [1.82, 2.24) is 4.90 Å². The lowest BCUT2D eigenvalue weighted by Crippen LogP contribution is -2.33. The van der Waals surface area contributed by atoms with E-state index in [1.165, 1.54) is 11.0 Å². The molecule has 0 fully saturated rings. The summed E-state index contributed by atoms with van der Waals surface area (Å²) in [5, 5.41) is 9.14. The summed E-state index contributed by atoms with van der Waals surface area (Å²) in [6.07, 6.45) is -0.0312. The molecule has 0 radical (unpaired) electrons. The number of aliphatic hydroxyl groups is 1. The van der Waals surface area contributed by atoms with Gasteiger partial charge in [0.1, 0.15) is 0 Å². The second-order valence-corrected chi connectivity index (χ2v) is 4.37. The molecule has 3 nitrogen and oxygen atoms in total. The van der Waals surface area contributed by atoms with Gasteiger partial charge >= 0.3 is 0 Å². The average molecular weight is 257 g/mol. The van der Waals surface area contributed by atoms with E-state index in [1.807, 2.05) is 0 Å². The zero-order valence-electron chi connectivity index (χ0n) is 10.5. The number of hydrogen-bond acceptors (Lipinski definition) is 2. The van der Waals surface area contributed by atoms with E-state index in [0.717, 1.165) is 12.1 Å². The third kappa shape index (κ3) is 4.41.